The van der Waals surface area contributed by atoms with E-state index >= 15 is 0 Å². The minimum atomic E-state index is -1.09. The lowest BCUT2D eigenvalue weighted by Crippen LogP contribution is -2.25. The van der Waals surface area contributed by atoms with Gasteiger partial charge >= 0.3 is 16.9 Å². The van der Waals surface area contributed by atoms with Crippen LogP contribution < -0.4 is 11.2 Å². The Morgan fingerprint density at radius 1 is 1.08 bits per heavy atom. The number of benzene rings is 1. The van der Waals surface area contributed by atoms with E-state index in [1.807, 2.05) is 0 Å². The van der Waals surface area contributed by atoms with Gasteiger partial charge in [0.05, 0.1) is 15.0 Å². The predicted octanol–water partition coefficient (Wildman–Crippen LogP) is 3.71. The fourth-order valence-corrected chi connectivity index (χ4v) is 2.64. The van der Waals surface area contributed by atoms with E-state index in [2.05, 4.69) is 4.98 Å². The standard InChI is InChI=1S/C16H9Cl2N3O5/c17-10-3-1-2-9(13(10)18)12-7-5-8(26-12)4-6-11-14(21(24)25)15(22)20-16(23)19-11/h1-7H,(H2,19,20,22,23)/b6-4-. The van der Waals surface area contributed by atoms with Gasteiger partial charge in [0.2, 0.25) is 0 Å². The van der Waals surface area contributed by atoms with Gasteiger partial charge in [0.15, 0.2) is 0 Å². The summed E-state index contributed by atoms with van der Waals surface area (Å²) in [7, 11) is 0. The van der Waals surface area contributed by atoms with Crippen LogP contribution in [0.3, 0.4) is 0 Å². The van der Waals surface area contributed by atoms with Crippen LogP contribution in [-0.2, 0) is 0 Å². The summed E-state index contributed by atoms with van der Waals surface area (Å²) in [6.07, 6.45) is 2.58. The third-order valence-corrected chi connectivity index (χ3v) is 4.21. The summed E-state index contributed by atoms with van der Waals surface area (Å²) in [5, 5.41) is 11.7. The van der Waals surface area contributed by atoms with Crippen molar-refractivity contribution in [1.82, 2.24) is 9.97 Å². The molecule has 0 saturated heterocycles. The molecule has 0 saturated carbocycles. The maximum atomic E-state index is 11.6. The molecule has 0 aliphatic carbocycles. The first-order valence-electron chi connectivity index (χ1n) is 7.10. The molecule has 2 heterocycles. The molecule has 0 bridgehead atoms. The normalized spacial score (nSPS) is 11.2. The van der Waals surface area contributed by atoms with E-state index in [1.165, 1.54) is 12.2 Å². The lowest BCUT2D eigenvalue weighted by atomic mass is 10.2. The molecule has 3 aromatic rings. The van der Waals surface area contributed by atoms with E-state index in [-0.39, 0.29) is 5.69 Å². The van der Waals surface area contributed by atoms with Gasteiger partial charge in [-0.3, -0.25) is 19.9 Å². The average molecular weight is 394 g/mol. The number of halogens is 2. The monoisotopic (exact) mass is 393 g/mol. The highest BCUT2D eigenvalue weighted by molar-refractivity contribution is 6.43. The molecule has 0 fully saturated rings. The molecular formula is C16H9Cl2N3O5. The van der Waals surface area contributed by atoms with Crippen LogP contribution in [0.2, 0.25) is 10.0 Å². The molecule has 0 spiro atoms. The Kier molecular flexibility index (Phi) is 4.79. The zero-order valence-corrected chi connectivity index (χ0v) is 14.3. The van der Waals surface area contributed by atoms with E-state index in [1.54, 1.807) is 35.3 Å². The highest BCUT2D eigenvalue weighted by Gasteiger charge is 2.19. The minimum absolute atomic E-state index is 0.248. The predicted molar refractivity (Wildman–Crippen MR) is 97.4 cm³/mol. The SMILES string of the molecule is O=c1[nH]c(/C=C\c2ccc(-c3cccc(Cl)c3Cl)o2)c([N+](=O)[O-])c(=O)[nH]1. The van der Waals surface area contributed by atoms with Crippen LogP contribution >= 0.6 is 23.2 Å². The fourth-order valence-electron chi connectivity index (χ4n) is 2.25. The number of furan rings is 1. The van der Waals surface area contributed by atoms with E-state index in [0.29, 0.717) is 27.1 Å². The van der Waals surface area contributed by atoms with Crippen molar-refractivity contribution in [3.05, 3.63) is 82.8 Å². The number of nitrogens with zero attached hydrogens (tertiary/aromatic N) is 1. The number of aromatic amines is 2. The van der Waals surface area contributed by atoms with Crippen molar-refractivity contribution in [2.45, 2.75) is 0 Å². The molecule has 2 aromatic heterocycles. The molecule has 0 atom stereocenters. The first kappa shape index (κ1) is 17.7. The molecule has 132 valence electrons. The van der Waals surface area contributed by atoms with Gasteiger partial charge in [0, 0.05) is 5.56 Å². The van der Waals surface area contributed by atoms with Gasteiger partial charge in [-0.25, -0.2) is 4.79 Å². The fraction of sp³-hybridized carbons (Fsp3) is 0. The lowest BCUT2D eigenvalue weighted by molar-refractivity contribution is -0.386. The van der Waals surface area contributed by atoms with Gasteiger partial charge in [-0.15, -0.1) is 0 Å². The van der Waals surface area contributed by atoms with E-state index in [9.17, 15) is 19.7 Å². The number of nitro groups is 1. The van der Waals surface area contributed by atoms with Gasteiger partial charge in [-0.2, -0.15) is 0 Å². The van der Waals surface area contributed by atoms with Gasteiger partial charge in [0.25, 0.3) is 0 Å². The summed E-state index contributed by atoms with van der Waals surface area (Å²) in [5.41, 5.74) is -2.39. The van der Waals surface area contributed by atoms with Gasteiger partial charge in [-0.1, -0.05) is 29.3 Å². The van der Waals surface area contributed by atoms with E-state index in [0.717, 1.165) is 0 Å². The maximum Gasteiger partial charge on any atom is 0.357 e. The third kappa shape index (κ3) is 3.46. The molecule has 0 aliphatic heterocycles. The summed E-state index contributed by atoms with van der Waals surface area (Å²) in [6.45, 7) is 0. The maximum absolute atomic E-state index is 11.6. The second kappa shape index (κ2) is 7.03. The topological polar surface area (TPSA) is 122 Å². The molecule has 10 heteroatoms. The van der Waals surface area contributed by atoms with Crippen LogP contribution in [0.5, 0.6) is 0 Å². The number of rotatable bonds is 4. The van der Waals surface area contributed by atoms with Gasteiger partial charge in [-0.05, 0) is 36.4 Å². The Hall–Kier alpha value is -3.10. The van der Waals surface area contributed by atoms with Crippen LogP contribution in [-0.4, -0.2) is 14.9 Å². The molecule has 2 N–H and O–H groups in total. The molecule has 3 rings (SSSR count). The van der Waals surface area contributed by atoms with Gasteiger partial charge < -0.3 is 9.40 Å². The molecule has 26 heavy (non-hydrogen) atoms. The summed E-state index contributed by atoms with van der Waals surface area (Å²) in [6, 6.07) is 8.32. The molecule has 0 unspecified atom stereocenters. The summed E-state index contributed by atoms with van der Waals surface area (Å²) < 4.78 is 5.61. The lowest BCUT2D eigenvalue weighted by Gasteiger charge is -2.01. The second-order valence-electron chi connectivity index (χ2n) is 5.06. The van der Waals surface area contributed by atoms with Crippen molar-refractivity contribution < 1.29 is 9.34 Å². The number of nitrogens with one attached hydrogen (secondary N) is 2. The Morgan fingerprint density at radius 2 is 1.85 bits per heavy atom. The van der Waals surface area contributed by atoms with Gasteiger partial charge in [0.1, 0.15) is 17.2 Å². The molecule has 8 nitrogen and oxygen atoms in total. The average Bonchev–Trinajstić information content (AvgIpc) is 3.03. The molecule has 1 aromatic carbocycles. The van der Waals surface area contributed by atoms with Crippen molar-refractivity contribution in [1.29, 1.82) is 0 Å². The first-order chi connectivity index (χ1) is 12.4. The van der Waals surface area contributed by atoms with Crippen LogP contribution in [0.1, 0.15) is 11.5 Å². The zero-order chi connectivity index (χ0) is 18.8. The van der Waals surface area contributed by atoms with Crippen molar-refractivity contribution in [2.75, 3.05) is 0 Å². The van der Waals surface area contributed by atoms with Crippen molar-refractivity contribution in [3.8, 4) is 11.3 Å². The minimum Gasteiger partial charge on any atom is -0.457 e. The number of hydrogen-bond donors (Lipinski definition) is 2. The number of hydrogen-bond acceptors (Lipinski definition) is 5. The summed E-state index contributed by atoms with van der Waals surface area (Å²) in [5.74, 6) is 0.762. The number of aromatic nitrogens is 2. The van der Waals surface area contributed by atoms with E-state index in [4.69, 9.17) is 27.6 Å². The zero-order valence-electron chi connectivity index (χ0n) is 12.8. The molecule has 0 aliphatic rings. The first-order valence-corrected chi connectivity index (χ1v) is 7.85. The Balaban J connectivity index is 1.98. The Bertz CT molecular complexity index is 1140. The summed E-state index contributed by atoms with van der Waals surface area (Å²) >= 11 is 12.1. The van der Waals surface area contributed by atoms with Crippen LogP contribution in [0.25, 0.3) is 23.5 Å². The van der Waals surface area contributed by atoms with E-state index < -0.39 is 21.9 Å². The largest absolute Gasteiger partial charge is 0.457 e. The van der Waals surface area contributed by atoms with Crippen LogP contribution in [0.15, 0.2) is 44.3 Å². The summed E-state index contributed by atoms with van der Waals surface area (Å²) in [4.78, 5) is 37.0. The number of H-pyrrole nitrogens is 2. The Labute approximate surface area is 154 Å². The van der Waals surface area contributed by atoms with Crippen molar-refractivity contribution in [3.63, 3.8) is 0 Å². The Morgan fingerprint density at radius 3 is 2.58 bits per heavy atom. The highest BCUT2D eigenvalue weighted by Crippen LogP contribution is 2.34. The molecule has 0 radical (unpaired) electrons. The quantitative estimate of drug-likeness (QED) is 0.516. The third-order valence-electron chi connectivity index (χ3n) is 3.39. The molecular weight excluding hydrogens is 385 g/mol. The van der Waals surface area contributed by atoms with Crippen LogP contribution in [0, 0.1) is 10.1 Å². The smallest absolute Gasteiger partial charge is 0.357 e. The van der Waals surface area contributed by atoms with Crippen molar-refractivity contribution in [2.24, 2.45) is 0 Å². The second-order valence-corrected chi connectivity index (χ2v) is 5.85. The van der Waals surface area contributed by atoms with Crippen molar-refractivity contribution >= 4 is 41.0 Å². The molecule has 0 amide bonds. The van der Waals surface area contributed by atoms with Crippen LogP contribution in [0.4, 0.5) is 5.69 Å². The highest BCUT2D eigenvalue weighted by atomic mass is 35.5.